The van der Waals surface area contributed by atoms with Crippen LogP contribution < -0.4 is 5.32 Å². The van der Waals surface area contributed by atoms with Crippen LogP contribution in [0.2, 0.25) is 0 Å². The highest BCUT2D eigenvalue weighted by molar-refractivity contribution is 5.67. The van der Waals surface area contributed by atoms with Crippen molar-refractivity contribution in [3.05, 3.63) is 0 Å². The SMILES string of the molecule is CCOC(=O)NC1CC(C(C)C)CN(C(C)C2CCC2)C1. The molecule has 0 aromatic rings. The van der Waals surface area contributed by atoms with Gasteiger partial charge in [0.2, 0.25) is 0 Å². The predicted molar refractivity (Wildman–Crippen MR) is 85.3 cm³/mol. The van der Waals surface area contributed by atoms with Crippen molar-refractivity contribution in [1.82, 2.24) is 10.2 Å². The van der Waals surface area contributed by atoms with Gasteiger partial charge in [0.15, 0.2) is 0 Å². The molecule has 0 aromatic carbocycles. The van der Waals surface area contributed by atoms with Crippen LogP contribution in [0.15, 0.2) is 0 Å². The van der Waals surface area contributed by atoms with Gasteiger partial charge in [-0.15, -0.1) is 0 Å². The normalized spacial score (nSPS) is 29.0. The molecule has 1 aliphatic heterocycles. The zero-order chi connectivity index (χ0) is 15.4. The smallest absolute Gasteiger partial charge is 0.407 e. The fourth-order valence-corrected chi connectivity index (χ4v) is 3.65. The second-order valence-electron chi connectivity index (χ2n) is 7.19. The number of carbonyl (C=O) groups excluding carboxylic acids is 1. The number of carbonyl (C=O) groups is 1. The third-order valence-corrected chi connectivity index (χ3v) is 5.46. The van der Waals surface area contributed by atoms with Crippen molar-refractivity contribution >= 4 is 6.09 Å². The Morgan fingerprint density at radius 2 is 1.95 bits per heavy atom. The number of rotatable bonds is 5. The molecule has 0 spiro atoms. The van der Waals surface area contributed by atoms with Crippen molar-refractivity contribution in [2.75, 3.05) is 19.7 Å². The highest BCUT2D eigenvalue weighted by Gasteiger charge is 2.36. The molecule has 4 nitrogen and oxygen atoms in total. The van der Waals surface area contributed by atoms with Gasteiger partial charge in [0, 0.05) is 25.2 Å². The maximum Gasteiger partial charge on any atom is 0.407 e. The van der Waals surface area contributed by atoms with Crippen LogP contribution >= 0.6 is 0 Å². The molecule has 2 rings (SSSR count). The Hall–Kier alpha value is -0.770. The minimum absolute atomic E-state index is 0.229. The highest BCUT2D eigenvalue weighted by Crippen LogP contribution is 2.34. The fraction of sp³-hybridized carbons (Fsp3) is 0.941. The molecule has 122 valence electrons. The summed E-state index contributed by atoms with van der Waals surface area (Å²) in [5.74, 6) is 2.18. The van der Waals surface area contributed by atoms with Gasteiger partial charge in [-0.2, -0.15) is 0 Å². The standard InChI is InChI=1S/C17H32N2O2/c1-5-21-17(20)18-16-9-15(12(2)3)10-19(11-16)13(4)14-7-6-8-14/h12-16H,5-11H2,1-4H3,(H,18,20). The zero-order valence-electron chi connectivity index (χ0n) is 14.1. The molecule has 1 saturated carbocycles. The molecule has 3 unspecified atom stereocenters. The lowest BCUT2D eigenvalue weighted by Crippen LogP contribution is -2.56. The number of nitrogens with zero attached hydrogens (tertiary/aromatic N) is 1. The zero-order valence-corrected chi connectivity index (χ0v) is 14.1. The van der Waals surface area contributed by atoms with E-state index in [0.717, 1.165) is 18.9 Å². The molecule has 0 aromatic heterocycles. The molecule has 1 N–H and O–H groups in total. The summed E-state index contributed by atoms with van der Waals surface area (Å²) in [5.41, 5.74) is 0. The monoisotopic (exact) mass is 296 g/mol. The van der Waals surface area contributed by atoms with E-state index in [-0.39, 0.29) is 12.1 Å². The molecule has 1 heterocycles. The van der Waals surface area contributed by atoms with E-state index < -0.39 is 0 Å². The average molecular weight is 296 g/mol. The van der Waals surface area contributed by atoms with E-state index in [1.807, 2.05) is 6.92 Å². The van der Waals surface area contributed by atoms with Crippen molar-refractivity contribution in [2.45, 2.75) is 65.5 Å². The Morgan fingerprint density at radius 3 is 2.48 bits per heavy atom. The largest absolute Gasteiger partial charge is 0.450 e. The van der Waals surface area contributed by atoms with Crippen LogP contribution in [0.1, 0.15) is 53.4 Å². The Balaban J connectivity index is 1.95. The molecule has 0 radical (unpaired) electrons. The molecule has 1 saturated heterocycles. The summed E-state index contributed by atoms with van der Waals surface area (Å²) in [5, 5.41) is 3.06. The van der Waals surface area contributed by atoms with Crippen LogP contribution in [0.5, 0.6) is 0 Å². The first-order valence-electron chi connectivity index (χ1n) is 8.68. The van der Waals surface area contributed by atoms with E-state index >= 15 is 0 Å². The summed E-state index contributed by atoms with van der Waals surface area (Å²) < 4.78 is 5.05. The van der Waals surface area contributed by atoms with Gasteiger partial charge in [-0.1, -0.05) is 20.3 Å². The predicted octanol–water partition coefficient (Wildman–Crippen LogP) is 3.27. The second kappa shape index (κ2) is 7.48. The topological polar surface area (TPSA) is 41.6 Å². The molecule has 3 atom stereocenters. The minimum Gasteiger partial charge on any atom is -0.450 e. The van der Waals surface area contributed by atoms with Crippen LogP contribution in [0.25, 0.3) is 0 Å². The van der Waals surface area contributed by atoms with E-state index in [1.165, 1.54) is 25.8 Å². The van der Waals surface area contributed by atoms with Gasteiger partial charge >= 0.3 is 6.09 Å². The number of hydrogen-bond acceptors (Lipinski definition) is 3. The summed E-state index contributed by atoms with van der Waals surface area (Å²) in [4.78, 5) is 14.3. The molecule has 0 bridgehead atoms. The van der Waals surface area contributed by atoms with Crippen molar-refractivity contribution < 1.29 is 9.53 Å². The fourth-order valence-electron chi connectivity index (χ4n) is 3.65. The lowest BCUT2D eigenvalue weighted by atomic mass is 9.77. The maximum absolute atomic E-state index is 11.7. The van der Waals surface area contributed by atoms with Crippen molar-refractivity contribution in [3.63, 3.8) is 0 Å². The van der Waals surface area contributed by atoms with E-state index in [4.69, 9.17) is 4.74 Å². The molecular weight excluding hydrogens is 264 g/mol. The van der Waals surface area contributed by atoms with Gasteiger partial charge < -0.3 is 10.1 Å². The maximum atomic E-state index is 11.7. The van der Waals surface area contributed by atoms with Crippen molar-refractivity contribution in [3.8, 4) is 0 Å². The van der Waals surface area contributed by atoms with Gasteiger partial charge in [-0.3, -0.25) is 4.90 Å². The third kappa shape index (κ3) is 4.35. The van der Waals surface area contributed by atoms with Crippen LogP contribution in [0.3, 0.4) is 0 Å². The van der Waals surface area contributed by atoms with Crippen LogP contribution in [-0.2, 0) is 4.74 Å². The van der Waals surface area contributed by atoms with Crippen LogP contribution in [-0.4, -0.2) is 42.8 Å². The Labute approximate surface area is 129 Å². The van der Waals surface area contributed by atoms with Gasteiger partial charge in [-0.25, -0.2) is 4.79 Å². The number of piperidine rings is 1. The first kappa shape index (κ1) is 16.6. The van der Waals surface area contributed by atoms with Gasteiger partial charge in [-0.05, 0) is 50.9 Å². The summed E-state index contributed by atoms with van der Waals surface area (Å²) in [7, 11) is 0. The minimum atomic E-state index is -0.261. The summed E-state index contributed by atoms with van der Waals surface area (Å²) >= 11 is 0. The Bertz CT molecular complexity index is 342. The molecule has 21 heavy (non-hydrogen) atoms. The van der Waals surface area contributed by atoms with Crippen molar-refractivity contribution in [1.29, 1.82) is 0 Å². The molecular formula is C17H32N2O2. The molecule has 2 fully saturated rings. The number of likely N-dealkylation sites (tertiary alicyclic amines) is 1. The van der Waals surface area contributed by atoms with E-state index in [9.17, 15) is 4.79 Å². The summed E-state index contributed by atoms with van der Waals surface area (Å²) in [6, 6.07) is 0.875. The Morgan fingerprint density at radius 1 is 1.24 bits per heavy atom. The van der Waals surface area contributed by atoms with E-state index in [0.29, 0.717) is 24.5 Å². The molecule has 2 aliphatic rings. The Kier molecular flexibility index (Phi) is 5.91. The number of alkyl carbamates (subject to hydrolysis) is 1. The van der Waals surface area contributed by atoms with Gasteiger partial charge in [0.05, 0.1) is 6.61 Å². The quantitative estimate of drug-likeness (QED) is 0.846. The number of ether oxygens (including phenoxy) is 1. The summed E-state index contributed by atoms with van der Waals surface area (Å²) in [6.07, 6.45) is 4.95. The van der Waals surface area contributed by atoms with Gasteiger partial charge in [0.25, 0.3) is 0 Å². The van der Waals surface area contributed by atoms with E-state index in [2.05, 4.69) is 31.0 Å². The highest BCUT2D eigenvalue weighted by atomic mass is 16.5. The molecule has 4 heteroatoms. The molecule has 1 amide bonds. The van der Waals surface area contributed by atoms with Gasteiger partial charge in [0.1, 0.15) is 0 Å². The van der Waals surface area contributed by atoms with Crippen molar-refractivity contribution in [2.24, 2.45) is 17.8 Å². The summed E-state index contributed by atoms with van der Waals surface area (Å²) in [6.45, 7) is 11.4. The number of amides is 1. The first-order chi connectivity index (χ1) is 10.0. The number of nitrogens with one attached hydrogen (secondary N) is 1. The first-order valence-corrected chi connectivity index (χ1v) is 8.68. The number of hydrogen-bond donors (Lipinski definition) is 1. The van der Waals surface area contributed by atoms with Crippen LogP contribution in [0.4, 0.5) is 4.79 Å². The molecule has 1 aliphatic carbocycles. The third-order valence-electron chi connectivity index (χ3n) is 5.46. The van der Waals surface area contributed by atoms with Crippen LogP contribution in [0, 0.1) is 17.8 Å². The lowest BCUT2D eigenvalue weighted by Gasteiger charge is -2.46. The lowest BCUT2D eigenvalue weighted by molar-refractivity contribution is 0.0385. The van der Waals surface area contributed by atoms with E-state index in [1.54, 1.807) is 0 Å². The average Bonchev–Trinajstić information content (AvgIpc) is 2.36. The second-order valence-corrected chi connectivity index (χ2v) is 7.19.